The fourth-order valence-corrected chi connectivity index (χ4v) is 5.87. The predicted molar refractivity (Wildman–Crippen MR) is 218 cm³/mol. The van der Waals surface area contributed by atoms with Crippen LogP contribution in [0, 0.1) is 12.3 Å². The van der Waals surface area contributed by atoms with Crippen LogP contribution in [0.2, 0.25) is 0 Å². The minimum absolute atomic E-state index is 0. The van der Waals surface area contributed by atoms with E-state index in [1.165, 1.54) is 7.05 Å². The molecule has 2 amide bonds. The third kappa shape index (κ3) is 20.0. The van der Waals surface area contributed by atoms with Gasteiger partial charge in [0.05, 0.1) is 57.0 Å². The molecule has 5 rings (SSSR count). The van der Waals surface area contributed by atoms with Crippen molar-refractivity contribution in [3.63, 3.8) is 0 Å². The van der Waals surface area contributed by atoms with Gasteiger partial charge in [0.2, 0.25) is 0 Å². The first-order valence-corrected chi connectivity index (χ1v) is 19.0. The number of carbonyl (C=O) groups excluding carboxylic acids is 2. The number of amides is 2. The third-order valence-electron chi connectivity index (χ3n) is 8.44. The van der Waals surface area contributed by atoms with Crippen molar-refractivity contribution in [1.29, 1.82) is 0 Å². The molecule has 3 fully saturated rings. The molecule has 2 aromatic heterocycles. The average Bonchev–Trinajstić information content (AvgIpc) is 3.97. The van der Waals surface area contributed by atoms with Crippen molar-refractivity contribution >= 4 is 18.2 Å². The van der Waals surface area contributed by atoms with Gasteiger partial charge in [0.25, 0.3) is 0 Å². The van der Waals surface area contributed by atoms with Gasteiger partial charge in [-0.2, -0.15) is 0 Å². The lowest BCUT2D eigenvalue weighted by atomic mass is 10.2. The molecule has 6 atom stereocenters. The Kier molecular flexibility index (Phi) is 21.9. The monoisotopic (exact) mass is 835 g/mol. The Labute approximate surface area is 348 Å². The molecule has 0 spiro atoms. The van der Waals surface area contributed by atoms with Crippen LogP contribution in [0.5, 0.6) is 0 Å². The molecule has 0 radical (unpaired) electrons. The number of aliphatic carboxylic acids is 1. The van der Waals surface area contributed by atoms with Gasteiger partial charge in [-0.05, 0) is 73.8 Å². The summed E-state index contributed by atoms with van der Waals surface area (Å²) in [6, 6.07) is -0.244. The Hall–Kier alpha value is -5.00. The first-order chi connectivity index (χ1) is 27.1. The number of nitrogens with zero attached hydrogens (tertiary/aromatic N) is 11. The van der Waals surface area contributed by atoms with Gasteiger partial charge in [-0.15, -0.1) is 16.6 Å². The van der Waals surface area contributed by atoms with Crippen LogP contribution in [0.1, 0.15) is 93.5 Å². The van der Waals surface area contributed by atoms with Crippen LogP contribution >= 0.6 is 0 Å². The fourth-order valence-electron chi connectivity index (χ4n) is 5.87. The van der Waals surface area contributed by atoms with E-state index in [4.69, 9.17) is 40.7 Å². The van der Waals surface area contributed by atoms with Gasteiger partial charge in [-0.1, -0.05) is 28.9 Å². The standard InChI is InChI=1S/C14H24N4O3.C13H21NO3.C9H14N4O3.CH3N3.CH4/c1-10-6-12(20-9-11-7-17(5)16-15-11)8-18(10)13(19)21-14(2,3)4;1-6-7-16-11-8-10(2)14(9-11)12(15)17-13(3,4)5;1-13-4-6(11-12-13)5-16-7-2-8(9(14)15)10-3-7;1-3-4-2;/h7,10,12H,6,8-9H2,1-5H3;1,10-11H,7-9H2,2-5H3;4,7-8,10H,2-3,5H2,1H3,(H,14,15);1H3;1H4/t10-,12-;10-,11-;7-,8+;;/m111../s1. The van der Waals surface area contributed by atoms with Crippen LogP contribution in [0.15, 0.2) is 17.5 Å². The molecular weight excluding hydrogens is 768 g/mol. The number of carboxylic acids is 1. The van der Waals surface area contributed by atoms with Crippen molar-refractivity contribution in [3.05, 3.63) is 34.2 Å². The van der Waals surface area contributed by atoms with E-state index in [0.29, 0.717) is 45.9 Å². The van der Waals surface area contributed by atoms with Crippen molar-refractivity contribution in [2.45, 2.75) is 143 Å². The van der Waals surface area contributed by atoms with E-state index < -0.39 is 23.2 Å². The van der Waals surface area contributed by atoms with Crippen molar-refractivity contribution in [2.75, 3.05) is 33.3 Å². The molecule has 5 heterocycles. The first-order valence-electron chi connectivity index (χ1n) is 19.0. The summed E-state index contributed by atoms with van der Waals surface area (Å²) in [5, 5.41) is 30.1. The molecule has 0 unspecified atom stereocenters. The van der Waals surface area contributed by atoms with E-state index in [1.54, 1.807) is 32.4 Å². The molecule has 0 bridgehead atoms. The number of nitrogens with one attached hydrogen (secondary N) is 1. The molecule has 21 heteroatoms. The quantitative estimate of drug-likeness (QED) is 0.153. The molecule has 0 aromatic carbocycles. The summed E-state index contributed by atoms with van der Waals surface area (Å²) in [7, 11) is 4.99. The van der Waals surface area contributed by atoms with E-state index in [0.717, 1.165) is 24.2 Å². The molecule has 0 aliphatic carbocycles. The third-order valence-corrected chi connectivity index (χ3v) is 8.44. The number of terminal acetylenes is 1. The Balaban J connectivity index is 0.000000423. The number of rotatable bonds is 9. The van der Waals surface area contributed by atoms with Gasteiger partial charge in [-0.25, -0.2) is 9.59 Å². The SMILES string of the molecule is C.C#CCO[C@@H]1C[C@@H](C)N(C(=O)OC(C)(C)C)C1.CN=[N+]=[N-].C[C@@H]1C[C@@H](OCc2cn(C)nn2)CN1C(=O)OC(C)(C)C.Cn1cc(CO[C@H]2CN[C@H](C(=O)O)C2)nn1. The van der Waals surface area contributed by atoms with Crippen molar-refractivity contribution < 1.29 is 43.2 Å². The normalized spacial score (nSPS) is 22.1. The molecule has 3 saturated heterocycles. The number of carbonyl (C=O) groups is 3. The molecule has 0 saturated carbocycles. The summed E-state index contributed by atoms with van der Waals surface area (Å²) < 4.78 is 30.8. The zero-order valence-electron chi connectivity index (χ0n) is 35.7. The van der Waals surface area contributed by atoms with E-state index in [9.17, 15) is 14.4 Å². The largest absolute Gasteiger partial charge is 0.480 e. The predicted octanol–water partition coefficient (Wildman–Crippen LogP) is 4.47. The average molecular weight is 835 g/mol. The Morgan fingerprint density at radius 3 is 1.63 bits per heavy atom. The molecule has 2 N–H and O–H groups in total. The fraction of sp³-hybridized carbons (Fsp3) is 0.763. The topological polar surface area (TPSA) is 246 Å². The van der Waals surface area contributed by atoms with Crippen molar-refractivity contribution in [3.8, 4) is 12.3 Å². The maximum atomic E-state index is 12.1. The van der Waals surface area contributed by atoms with Crippen LogP contribution in [0.25, 0.3) is 10.4 Å². The van der Waals surface area contributed by atoms with Gasteiger partial charge in [0.1, 0.15) is 35.2 Å². The Morgan fingerprint density at radius 2 is 1.29 bits per heavy atom. The van der Waals surface area contributed by atoms with Gasteiger partial charge in [0, 0.05) is 51.1 Å². The second-order valence-corrected chi connectivity index (χ2v) is 16.0. The lowest BCUT2D eigenvalue weighted by molar-refractivity contribution is -0.139. The number of likely N-dealkylation sites (tertiary alicyclic amines) is 2. The Morgan fingerprint density at radius 1 is 0.864 bits per heavy atom. The van der Waals surface area contributed by atoms with Gasteiger partial charge in [0.15, 0.2) is 0 Å². The highest BCUT2D eigenvalue weighted by Gasteiger charge is 2.37. The summed E-state index contributed by atoms with van der Waals surface area (Å²) in [6.07, 6.45) is 10.3. The number of ether oxygens (including phenoxy) is 5. The van der Waals surface area contributed by atoms with E-state index in [-0.39, 0.29) is 50.0 Å². The van der Waals surface area contributed by atoms with E-state index in [1.807, 2.05) is 68.6 Å². The van der Waals surface area contributed by atoms with Gasteiger partial charge < -0.3 is 43.9 Å². The lowest BCUT2D eigenvalue weighted by Crippen LogP contribution is -2.39. The zero-order valence-corrected chi connectivity index (χ0v) is 35.7. The summed E-state index contributed by atoms with van der Waals surface area (Å²) in [5.41, 5.74) is 7.94. The molecule has 21 nitrogen and oxygen atoms in total. The molecule has 2 aromatic rings. The highest BCUT2D eigenvalue weighted by Crippen LogP contribution is 2.24. The molecule has 3 aliphatic heterocycles. The highest BCUT2D eigenvalue weighted by molar-refractivity contribution is 5.74. The second kappa shape index (κ2) is 24.8. The molecule has 3 aliphatic rings. The zero-order chi connectivity index (χ0) is 43.6. The van der Waals surface area contributed by atoms with Gasteiger partial charge in [-0.3, -0.25) is 14.2 Å². The Bertz CT molecular complexity index is 1680. The smallest absolute Gasteiger partial charge is 0.410 e. The summed E-state index contributed by atoms with van der Waals surface area (Å²) >= 11 is 0. The maximum absolute atomic E-state index is 12.1. The lowest BCUT2D eigenvalue weighted by Gasteiger charge is -2.26. The van der Waals surface area contributed by atoms with Crippen molar-refractivity contribution in [1.82, 2.24) is 45.1 Å². The maximum Gasteiger partial charge on any atom is 0.410 e. The number of hydrogen-bond donors (Lipinski definition) is 2. The van der Waals surface area contributed by atoms with Crippen LogP contribution in [0.3, 0.4) is 0 Å². The molecule has 59 heavy (non-hydrogen) atoms. The number of aryl methyl sites for hydroxylation is 2. The summed E-state index contributed by atoms with van der Waals surface area (Å²) in [4.78, 5) is 40.5. The number of azide groups is 1. The first kappa shape index (κ1) is 52.0. The molecular formula is C38H66N12O9. The van der Waals surface area contributed by atoms with Crippen LogP contribution in [-0.4, -0.2) is 144 Å². The van der Waals surface area contributed by atoms with E-state index in [2.05, 4.69) is 41.9 Å². The van der Waals surface area contributed by atoms with Crippen LogP contribution < -0.4 is 5.32 Å². The second-order valence-electron chi connectivity index (χ2n) is 16.0. The number of hydrogen-bond acceptors (Lipinski definition) is 14. The van der Waals surface area contributed by atoms with Crippen LogP contribution in [0.4, 0.5) is 9.59 Å². The minimum atomic E-state index is -0.828. The van der Waals surface area contributed by atoms with Gasteiger partial charge >= 0.3 is 18.2 Å². The summed E-state index contributed by atoms with van der Waals surface area (Å²) in [5.74, 6) is 1.61. The molecule has 332 valence electrons. The van der Waals surface area contributed by atoms with E-state index >= 15 is 0 Å². The summed E-state index contributed by atoms with van der Waals surface area (Å²) in [6.45, 7) is 17.9. The van der Waals surface area contributed by atoms with Crippen LogP contribution in [-0.2, 0) is 55.8 Å². The number of aromatic nitrogens is 6. The minimum Gasteiger partial charge on any atom is -0.480 e. The van der Waals surface area contributed by atoms with Crippen molar-refractivity contribution in [2.24, 2.45) is 19.2 Å². The highest BCUT2D eigenvalue weighted by atomic mass is 16.6. The number of carboxylic acid groups (broad SMARTS) is 1.